The molecule has 0 saturated heterocycles. The number of phenolic OH excluding ortho intramolecular Hbond substituents is 1. The Balaban J connectivity index is 1.86. The van der Waals surface area contributed by atoms with Crippen LogP contribution in [-0.4, -0.2) is 22.0 Å². The lowest BCUT2D eigenvalue weighted by Crippen LogP contribution is -2.11. The van der Waals surface area contributed by atoms with Gasteiger partial charge in [0.1, 0.15) is 11.5 Å². The average Bonchev–Trinajstić information content (AvgIpc) is 2.83. The lowest BCUT2D eigenvalue weighted by atomic mass is 10.00. The number of rotatable bonds is 3. The summed E-state index contributed by atoms with van der Waals surface area (Å²) in [5.74, 6) is 1.54. The first-order valence-electron chi connectivity index (χ1n) is 6.44. The minimum atomic E-state index is 0.242. The summed E-state index contributed by atoms with van der Waals surface area (Å²) in [6.45, 7) is 0.781. The first kappa shape index (κ1) is 13.2. The predicted molar refractivity (Wildman–Crippen MR) is 81.4 cm³/mol. The number of aromatic nitrogens is 2. The van der Waals surface area contributed by atoms with Gasteiger partial charge in [0.25, 0.3) is 0 Å². The molecule has 0 radical (unpaired) electrons. The molecule has 4 nitrogen and oxygen atoms in total. The number of ether oxygens (including phenoxy) is 1. The van der Waals surface area contributed by atoms with Gasteiger partial charge in [0.05, 0.1) is 18.8 Å². The molecule has 1 N–H and O–H groups in total. The smallest absolute Gasteiger partial charge is 0.118 e. The number of halogens is 1. The van der Waals surface area contributed by atoms with Crippen LogP contribution in [0.5, 0.6) is 5.75 Å². The summed E-state index contributed by atoms with van der Waals surface area (Å²) in [6.07, 6.45) is 8.98. The number of hydrogen-bond acceptors (Lipinski definition) is 3. The van der Waals surface area contributed by atoms with Crippen LogP contribution in [0.25, 0.3) is 10.9 Å². The van der Waals surface area contributed by atoms with Gasteiger partial charge < -0.3 is 9.84 Å². The predicted octanol–water partition coefficient (Wildman–Crippen LogP) is 3.61. The van der Waals surface area contributed by atoms with E-state index in [-0.39, 0.29) is 5.75 Å². The van der Waals surface area contributed by atoms with Gasteiger partial charge in [0.15, 0.2) is 0 Å². The molecule has 1 atom stereocenters. The molecule has 0 fully saturated rings. The zero-order chi connectivity index (χ0) is 14.1. The number of allylic oxidation sites excluding steroid dienone is 3. The monoisotopic (exact) mass is 334 g/mol. The fourth-order valence-electron chi connectivity index (χ4n) is 2.42. The van der Waals surface area contributed by atoms with Crippen LogP contribution in [0, 0.1) is 5.92 Å². The van der Waals surface area contributed by atoms with E-state index >= 15 is 0 Å². The molecular formula is C15H15BrN2O2. The maximum atomic E-state index is 9.72. The highest BCUT2D eigenvalue weighted by atomic mass is 79.9. The Morgan fingerprint density at radius 2 is 2.35 bits per heavy atom. The van der Waals surface area contributed by atoms with Gasteiger partial charge in [-0.25, -0.2) is 0 Å². The van der Waals surface area contributed by atoms with Crippen molar-refractivity contribution in [2.75, 3.05) is 7.11 Å². The molecule has 1 aliphatic carbocycles. The van der Waals surface area contributed by atoms with Crippen molar-refractivity contribution >= 4 is 26.8 Å². The van der Waals surface area contributed by atoms with E-state index in [2.05, 4.69) is 33.2 Å². The van der Waals surface area contributed by atoms with Crippen molar-refractivity contribution in [3.63, 3.8) is 0 Å². The highest BCUT2D eigenvalue weighted by Crippen LogP contribution is 2.29. The first-order chi connectivity index (χ1) is 9.67. The Hall–Kier alpha value is -1.75. The summed E-state index contributed by atoms with van der Waals surface area (Å²) in [4.78, 5) is 0. The lowest BCUT2D eigenvalue weighted by molar-refractivity contribution is 0.300. The SMILES string of the molecule is COC1=CCC(Cn2ncc3c(Br)cc(O)cc32)C=C1. The van der Waals surface area contributed by atoms with E-state index in [1.807, 2.05) is 17.0 Å². The standard InChI is InChI=1S/C15H15BrN2O2/c1-20-12-4-2-10(3-5-12)9-18-15-7-11(19)6-14(16)13(15)8-17-18/h2,4-8,10,19H,3,9H2,1H3. The molecule has 104 valence electrons. The quantitative estimate of drug-likeness (QED) is 0.932. The van der Waals surface area contributed by atoms with Gasteiger partial charge in [0.2, 0.25) is 0 Å². The van der Waals surface area contributed by atoms with E-state index in [0.717, 1.165) is 34.1 Å². The average molecular weight is 335 g/mol. The number of aromatic hydroxyl groups is 1. The van der Waals surface area contributed by atoms with Gasteiger partial charge in [-0.2, -0.15) is 5.10 Å². The largest absolute Gasteiger partial charge is 0.508 e. The third-order valence-corrected chi connectivity index (χ3v) is 4.15. The first-order valence-corrected chi connectivity index (χ1v) is 7.23. The molecule has 1 aromatic heterocycles. The highest BCUT2D eigenvalue weighted by Gasteiger charge is 2.13. The van der Waals surface area contributed by atoms with Crippen LogP contribution < -0.4 is 0 Å². The second kappa shape index (κ2) is 5.32. The van der Waals surface area contributed by atoms with Gasteiger partial charge >= 0.3 is 0 Å². The summed E-state index contributed by atoms with van der Waals surface area (Å²) >= 11 is 3.45. The van der Waals surface area contributed by atoms with E-state index in [4.69, 9.17) is 4.74 Å². The zero-order valence-electron chi connectivity index (χ0n) is 11.1. The van der Waals surface area contributed by atoms with Crippen molar-refractivity contribution in [3.8, 4) is 5.75 Å². The fourth-order valence-corrected chi connectivity index (χ4v) is 2.96. The number of phenols is 1. The zero-order valence-corrected chi connectivity index (χ0v) is 12.7. The van der Waals surface area contributed by atoms with Gasteiger partial charge in [-0.05, 0) is 40.6 Å². The van der Waals surface area contributed by atoms with Crippen molar-refractivity contribution in [2.45, 2.75) is 13.0 Å². The maximum absolute atomic E-state index is 9.72. The summed E-state index contributed by atoms with van der Waals surface area (Å²) in [7, 11) is 1.68. The molecule has 0 bridgehead atoms. The van der Waals surface area contributed by atoms with Crippen LogP contribution >= 0.6 is 15.9 Å². The Kier molecular flexibility index (Phi) is 3.53. The van der Waals surface area contributed by atoms with Gasteiger partial charge in [-0.3, -0.25) is 4.68 Å². The normalized spacial score (nSPS) is 18.3. The number of benzene rings is 1. The highest BCUT2D eigenvalue weighted by molar-refractivity contribution is 9.10. The summed E-state index contributed by atoms with van der Waals surface area (Å²) in [5.41, 5.74) is 0.937. The Morgan fingerprint density at radius 1 is 1.50 bits per heavy atom. The molecule has 0 aliphatic heterocycles. The lowest BCUT2D eigenvalue weighted by Gasteiger charge is -2.16. The minimum Gasteiger partial charge on any atom is -0.508 e. The third kappa shape index (κ3) is 2.45. The fraction of sp³-hybridized carbons (Fsp3) is 0.267. The molecule has 2 aromatic rings. The van der Waals surface area contributed by atoms with Crippen molar-refractivity contribution in [1.29, 1.82) is 0 Å². The van der Waals surface area contributed by atoms with Crippen LogP contribution in [0.1, 0.15) is 6.42 Å². The van der Waals surface area contributed by atoms with Crippen molar-refractivity contribution in [2.24, 2.45) is 5.92 Å². The molecule has 1 heterocycles. The molecule has 5 heteroatoms. The second-order valence-electron chi connectivity index (χ2n) is 4.85. The third-order valence-electron chi connectivity index (χ3n) is 3.49. The topological polar surface area (TPSA) is 47.3 Å². The van der Waals surface area contributed by atoms with E-state index < -0.39 is 0 Å². The van der Waals surface area contributed by atoms with Crippen LogP contribution in [-0.2, 0) is 11.3 Å². The molecule has 3 rings (SSSR count). The molecule has 0 spiro atoms. The van der Waals surface area contributed by atoms with Crippen molar-refractivity contribution in [3.05, 3.63) is 46.8 Å². The molecule has 1 unspecified atom stereocenters. The molecule has 0 saturated carbocycles. The summed E-state index contributed by atoms with van der Waals surface area (Å²) in [6, 6.07) is 3.43. The van der Waals surface area contributed by atoms with Crippen LogP contribution in [0.15, 0.2) is 46.8 Å². The molecule has 0 amide bonds. The van der Waals surface area contributed by atoms with E-state index in [9.17, 15) is 5.11 Å². The van der Waals surface area contributed by atoms with E-state index in [1.54, 1.807) is 19.2 Å². The van der Waals surface area contributed by atoms with Crippen LogP contribution in [0.2, 0.25) is 0 Å². The van der Waals surface area contributed by atoms with E-state index in [0.29, 0.717) is 5.92 Å². The van der Waals surface area contributed by atoms with Crippen LogP contribution in [0.3, 0.4) is 0 Å². The molecular weight excluding hydrogens is 320 g/mol. The minimum absolute atomic E-state index is 0.242. The second-order valence-corrected chi connectivity index (χ2v) is 5.71. The van der Waals surface area contributed by atoms with Crippen molar-refractivity contribution in [1.82, 2.24) is 9.78 Å². The summed E-state index contributed by atoms with van der Waals surface area (Å²) < 4.78 is 7.98. The molecule has 1 aromatic carbocycles. The number of nitrogens with zero attached hydrogens (tertiary/aromatic N) is 2. The number of methoxy groups -OCH3 is 1. The van der Waals surface area contributed by atoms with E-state index in [1.165, 1.54) is 0 Å². The Labute approximate surface area is 125 Å². The number of hydrogen-bond donors (Lipinski definition) is 1. The Bertz CT molecular complexity index is 703. The summed E-state index contributed by atoms with van der Waals surface area (Å²) in [5, 5.41) is 15.1. The van der Waals surface area contributed by atoms with Crippen molar-refractivity contribution < 1.29 is 9.84 Å². The van der Waals surface area contributed by atoms with Gasteiger partial charge in [-0.1, -0.05) is 6.08 Å². The number of fused-ring (bicyclic) bond motifs is 1. The maximum Gasteiger partial charge on any atom is 0.118 e. The molecule has 1 aliphatic rings. The Morgan fingerprint density at radius 3 is 3.05 bits per heavy atom. The van der Waals surface area contributed by atoms with Gasteiger partial charge in [0, 0.05) is 28.4 Å². The van der Waals surface area contributed by atoms with Crippen LogP contribution in [0.4, 0.5) is 0 Å². The molecule has 20 heavy (non-hydrogen) atoms. The van der Waals surface area contributed by atoms with Gasteiger partial charge in [-0.15, -0.1) is 0 Å².